The number of hydrogen-bond acceptors (Lipinski definition) is 5. The minimum absolute atomic E-state index is 0.00947. The van der Waals surface area contributed by atoms with Crippen LogP contribution in [-0.4, -0.2) is 71.9 Å². The number of nitrogens with zero attached hydrogens (tertiary/aromatic N) is 5. The number of rotatable bonds is 3. The molecule has 3 heterocycles. The van der Waals surface area contributed by atoms with E-state index in [4.69, 9.17) is 4.99 Å². The van der Waals surface area contributed by atoms with E-state index in [1.807, 2.05) is 7.05 Å². The number of halogens is 5. The molecule has 1 saturated carbocycles. The van der Waals surface area contributed by atoms with Crippen LogP contribution in [-0.2, 0) is 6.18 Å². The first kappa shape index (κ1) is 22.7. The summed E-state index contributed by atoms with van der Waals surface area (Å²) in [5, 5.41) is 6.04. The van der Waals surface area contributed by atoms with E-state index >= 15 is 0 Å². The van der Waals surface area contributed by atoms with Crippen LogP contribution < -0.4 is 10.6 Å². The fourth-order valence-corrected chi connectivity index (χ4v) is 4.22. The number of alkyl halides is 5. The monoisotopic (exact) mass is 459 g/mol. The molecule has 0 aromatic carbocycles. The van der Waals surface area contributed by atoms with Crippen molar-refractivity contribution in [2.75, 3.05) is 27.2 Å². The van der Waals surface area contributed by atoms with Crippen LogP contribution in [0, 0.1) is 0 Å². The van der Waals surface area contributed by atoms with Crippen molar-refractivity contribution < 1.29 is 22.0 Å². The minimum atomic E-state index is -4.59. The first-order chi connectivity index (χ1) is 15.0. The molecule has 0 radical (unpaired) electrons. The molecule has 1 aromatic heterocycles. The van der Waals surface area contributed by atoms with Crippen molar-refractivity contribution in [1.29, 1.82) is 0 Å². The number of likely N-dealkylation sites (tertiary alicyclic amines) is 1. The molecule has 1 aliphatic carbocycles. The van der Waals surface area contributed by atoms with Gasteiger partial charge in [0.2, 0.25) is 17.8 Å². The highest BCUT2D eigenvalue weighted by atomic mass is 19.4. The van der Waals surface area contributed by atoms with Gasteiger partial charge in [-0.05, 0) is 38.6 Å². The topological polar surface area (TPSA) is 68.1 Å². The van der Waals surface area contributed by atoms with E-state index in [0.29, 0.717) is 5.96 Å². The zero-order chi connectivity index (χ0) is 23.1. The molecule has 2 fully saturated rings. The van der Waals surface area contributed by atoms with Gasteiger partial charge in [0.05, 0.1) is 11.7 Å². The number of hydrogen-bond donors (Lipinski definition) is 2. The van der Waals surface area contributed by atoms with Crippen LogP contribution in [0.1, 0.15) is 43.2 Å². The van der Waals surface area contributed by atoms with Crippen LogP contribution in [0.2, 0.25) is 0 Å². The van der Waals surface area contributed by atoms with E-state index in [2.05, 4.69) is 25.5 Å². The molecule has 4 rings (SSSR count). The normalized spacial score (nSPS) is 29.8. The van der Waals surface area contributed by atoms with Gasteiger partial charge in [-0.1, -0.05) is 6.07 Å². The third-order valence-electron chi connectivity index (χ3n) is 5.92. The molecule has 7 nitrogen and oxygen atoms in total. The summed E-state index contributed by atoms with van der Waals surface area (Å²) in [4.78, 5) is 16.7. The molecule has 1 aromatic rings. The molecular weight excluding hydrogens is 433 g/mol. The summed E-state index contributed by atoms with van der Waals surface area (Å²) >= 11 is 0. The summed E-state index contributed by atoms with van der Waals surface area (Å²) in [5.41, 5.74) is -0.922. The molecule has 3 unspecified atom stereocenters. The van der Waals surface area contributed by atoms with E-state index in [1.165, 1.54) is 12.1 Å². The molecule has 12 heteroatoms. The van der Waals surface area contributed by atoms with Gasteiger partial charge in [-0.2, -0.15) is 13.2 Å². The molecular formula is C20H26F5N7. The Kier molecular flexibility index (Phi) is 5.99. The highest BCUT2D eigenvalue weighted by molar-refractivity contribution is 6.00. The molecule has 0 amide bonds. The van der Waals surface area contributed by atoms with Crippen molar-refractivity contribution in [3.63, 3.8) is 0 Å². The summed E-state index contributed by atoms with van der Waals surface area (Å²) in [7, 11) is 3.66. The summed E-state index contributed by atoms with van der Waals surface area (Å²) < 4.78 is 66.9. The number of nitrogens with one attached hydrogen (secondary N) is 2. The van der Waals surface area contributed by atoms with Gasteiger partial charge in [0, 0.05) is 32.5 Å². The van der Waals surface area contributed by atoms with E-state index < -0.39 is 30.0 Å². The van der Waals surface area contributed by atoms with Crippen LogP contribution in [0.5, 0.6) is 0 Å². The van der Waals surface area contributed by atoms with Crippen LogP contribution >= 0.6 is 0 Å². The number of guanidine groups is 2. The molecule has 176 valence electrons. The second-order valence-electron chi connectivity index (χ2n) is 8.63. The largest absolute Gasteiger partial charge is 0.433 e. The lowest BCUT2D eigenvalue weighted by molar-refractivity contribution is -0.141. The molecule has 2 N–H and O–H groups in total. The van der Waals surface area contributed by atoms with Crippen molar-refractivity contribution in [3.05, 3.63) is 29.6 Å². The second-order valence-corrected chi connectivity index (χ2v) is 8.63. The Morgan fingerprint density at radius 1 is 1.22 bits per heavy atom. The molecule has 3 aliphatic rings. The lowest BCUT2D eigenvalue weighted by Crippen LogP contribution is -2.55. The van der Waals surface area contributed by atoms with Crippen molar-refractivity contribution in [1.82, 2.24) is 25.4 Å². The summed E-state index contributed by atoms with van der Waals surface area (Å²) in [6.45, 7) is 1.64. The maximum absolute atomic E-state index is 13.6. The lowest BCUT2D eigenvalue weighted by atomic mass is 10.2. The van der Waals surface area contributed by atoms with Crippen LogP contribution in [0.4, 0.5) is 22.0 Å². The molecule has 32 heavy (non-hydrogen) atoms. The number of aromatic nitrogens is 1. The van der Waals surface area contributed by atoms with Crippen LogP contribution in [0.3, 0.4) is 0 Å². The van der Waals surface area contributed by atoms with Gasteiger partial charge in [0.25, 0.3) is 0 Å². The lowest BCUT2D eigenvalue weighted by Gasteiger charge is -2.35. The Morgan fingerprint density at radius 2 is 2.00 bits per heavy atom. The zero-order valence-corrected chi connectivity index (χ0v) is 17.8. The molecule has 0 spiro atoms. The second kappa shape index (κ2) is 8.45. The Labute approximate surface area is 182 Å². The zero-order valence-electron chi connectivity index (χ0n) is 17.8. The molecule has 1 saturated heterocycles. The standard InChI is InChI=1S/C20H26F5N7/c1-31-9-7-13(11-31)27-18-30-17(26-12-6-8-19(21,22)10-12)29-16(32(18)2)14-4-3-5-15(28-14)20(23,24)25/h3-5,12-13,16H,6-11H2,1-2H3,(H2,26,27,29,30). The Hall–Kier alpha value is -2.50. The predicted molar refractivity (Wildman–Crippen MR) is 109 cm³/mol. The maximum Gasteiger partial charge on any atom is 0.433 e. The van der Waals surface area contributed by atoms with Crippen molar-refractivity contribution in [2.45, 2.75) is 56.0 Å². The summed E-state index contributed by atoms with van der Waals surface area (Å²) in [5.74, 6) is -2.12. The van der Waals surface area contributed by atoms with Gasteiger partial charge in [-0.15, -0.1) is 0 Å². The Balaban J connectivity index is 1.64. The first-order valence-electron chi connectivity index (χ1n) is 10.5. The fraction of sp³-hybridized carbons (Fsp3) is 0.650. The molecule has 2 aliphatic heterocycles. The van der Waals surface area contributed by atoms with Gasteiger partial charge in [0.15, 0.2) is 6.17 Å². The van der Waals surface area contributed by atoms with E-state index in [-0.39, 0.29) is 37.0 Å². The molecule has 3 atom stereocenters. The number of pyridine rings is 1. The maximum atomic E-state index is 13.6. The van der Waals surface area contributed by atoms with Crippen molar-refractivity contribution >= 4 is 11.9 Å². The summed E-state index contributed by atoms with van der Waals surface area (Å²) in [6.07, 6.45) is -4.90. The average Bonchev–Trinajstić information content (AvgIpc) is 3.27. The Bertz CT molecular complexity index is 901. The van der Waals surface area contributed by atoms with Gasteiger partial charge >= 0.3 is 6.18 Å². The van der Waals surface area contributed by atoms with E-state index in [0.717, 1.165) is 25.6 Å². The van der Waals surface area contributed by atoms with Crippen molar-refractivity contribution in [3.8, 4) is 0 Å². The summed E-state index contributed by atoms with van der Waals surface area (Å²) in [6, 6.07) is 3.17. The van der Waals surface area contributed by atoms with Crippen LogP contribution in [0.25, 0.3) is 0 Å². The first-order valence-corrected chi connectivity index (χ1v) is 10.5. The van der Waals surface area contributed by atoms with Gasteiger partial charge in [-0.25, -0.2) is 23.7 Å². The minimum Gasteiger partial charge on any atom is -0.353 e. The third-order valence-corrected chi connectivity index (χ3v) is 5.92. The fourth-order valence-electron chi connectivity index (χ4n) is 4.22. The van der Waals surface area contributed by atoms with Crippen LogP contribution in [0.15, 0.2) is 28.2 Å². The van der Waals surface area contributed by atoms with Gasteiger partial charge in [-0.3, -0.25) is 5.32 Å². The molecule has 0 bridgehead atoms. The van der Waals surface area contributed by atoms with Gasteiger partial charge in [0.1, 0.15) is 5.69 Å². The quantitative estimate of drug-likeness (QED) is 0.681. The van der Waals surface area contributed by atoms with E-state index in [9.17, 15) is 22.0 Å². The highest BCUT2D eigenvalue weighted by Gasteiger charge is 2.41. The average molecular weight is 459 g/mol. The predicted octanol–water partition coefficient (Wildman–Crippen LogP) is 2.83. The van der Waals surface area contributed by atoms with E-state index in [1.54, 1.807) is 11.9 Å². The van der Waals surface area contributed by atoms with Gasteiger partial charge < -0.3 is 15.1 Å². The Morgan fingerprint density at radius 3 is 2.62 bits per heavy atom. The number of likely N-dealkylation sites (N-methyl/N-ethyl adjacent to an activating group) is 1. The van der Waals surface area contributed by atoms with Crippen molar-refractivity contribution in [2.24, 2.45) is 9.98 Å². The SMILES string of the molecule is CN1CCC(N=C2NC(NC3CCC(F)(F)C3)=NC(c3cccc(C(F)(F)F)n3)N2C)C1. The smallest absolute Gasteiger partial charge is 0.353 e. The third kappa shape index (κ3) is 5.11. The number of aliphatic imine (C=N–C) groups is 2. The highest BCUT2D eigenvalue weighted by Crippen LogP contribution is 2.35.